The van der Waals surface area contributed by atoms with Crippen LogP contribution in [0.3, 0.4) is 0 Å². The highest BCUT2D eigenvalue weighted by Gasteiger charge is 2.24. The summed E-state index contributed by atoms with van der Waals surface area (Å²) in [7, 11) is 3.48. The Hall–Kier alpha value is -0.680. The third kappa shape index (κ3) is 2.46. The molecule has 0 amide bonds. The molecule has 0 aliphatic carbocycles. The third-order valence-electron chi connectivity index (χ3n) is 2.30. The number of anilines is 1. The number of ether oxygens (including phenoxy) is 1. The Morgan fingerprint density at radius 2 is 1.93 bits per heavy atom. The zero-order valence-corrected chi connectivity index (χ0v) is 11.3. The van der Waals surface area contributed by atoms with Gasteiger partial charge in [0.1, 0.15) is 11.4 Å². The minimum atomic E-state index is -0.475. The molecule has 84 valence electrons. The largest absolute Gasteiger partial charge is 0.372 e. The summed E-state index contributed by atoms with van der Waals surface area (Å²) >= 11 is 3.43. The van der Waals surface area contributed by atoms with Gasteiger partial charge in [-0.2, -0.15) is 0 Å². The number of methoxy groups -OCH3 is 1. The number of aryl methyl sites for hydroxylation is 1. The minimum absolute atomic E-state index is 0.475. The predicted molar refractivity (Wildman–Crippen MR) is 64.1 cm³/mol. The van der Waals surface area contributed by atoms with Gasteiger partial charge < -0.3 is 10.1 Å². The molecule has 1 heterocycles. The van der Waals surface area contributed by atoms with Crippen molar-refractivity contribution in [3.63, 3.8) is 0 Å². The molecule has 0 spiro atoms. The number of hydrogen-bond donors (Lipinski definition) is 1. The van der Waals surface area contributed by atoms with Crippen molar-refractivity contribution in [2.24, 2.45) is 0 Å². The standard InChI is InChI=1S/C10H16BrN3O/c1-6-7(11)8(12-4)14-9(13-6)10(2,3)15-5/h1-5H3,(H,12,13,14). The van der Waals surface area contributed by atoms with Crippen LogP contribution in [-0.2, 0) is 10.3 Å². The molecule has 0 radical (unpaired) electrons. The van der Waals surface area contributed by atoms with Crippen molar-refractivity contribution in [1.29, 1.82) is 0 Å². The molecule has 0 aliphatic rings. The van der Waals surface area contributed by atoms with Gasteiger partial charge in [-0.05, 0) is 36.7 Å². The zero-order chi connectivity index (χ0) is 11.6. The average Bonchev–Trinajstić information content (AvgIpc) is 2.21. The Bertz CT molecular complexity index is 366. The molecular formula is C10H16BrN3O. The van der Waals surface area contributed by atoms with Crippen LogP contribution in [0.15, 0.2) is 4.47 Å². The van der Waals surface area contributed by atoms with Crippen molar-refractivity contribution in [1.82, 2.24) is 9.97 Å². The summed E-state index contributed by atoms with van der Waals surface area (Å²) in [5.74, 6) is 1.46. The monoisotopic (exact) mass is 273 g/mol. The molecule has 1 aromatic heterocycles. The lowest BCUT2D eigenvalue weighted by atomic mass is 10.1. The molecule has 0 saturated carbocycles. The van der Waals surface area contributed by atoms with E-state index in [1.165, 1.54) is 0 Å². The van der Waals surface area contributed by atoms with E-state index in [1.54, 1.807) is 7.11 Å². The molecule has 1 N–H and O–H groups in total. The van der Waals surface area contributed by atoms with Crippen LogP contribution >= 0.6 is 15.9 Å². The van der Waals surface area contributed by atoms with Crippen molar-refractivity contribution >= 4 is 21.7 Å². The molecule has 4 nitrogen and oxygen atoms in total. The Morgan fingerprint density at radius 1 is 1.33 bits per heavy atom. The highest BCUT2D eigenvalue weighted by Crippen LogP contribution is 2.27. The maximum atomic E-state index is 5.35. The van der Waals surface area contributed by atoms with Gasteiger partial charge in [0, 0.05) is 14.2 Å². The average molecular weight is 274 g/mol. The number of nitrogens with one attached hydrogen (secondary N) is 1. The van der Waals surface area contributed by atoms with Gasteiger partial charge in [-0.3, -0.25) is 0 Å². The van der Waals surface area contributed by atoms with E-state index in [1.807, 2.05) is 27.8 Å². The predicted octanol–water partition coefficient (Wildman–Crippen LogP) is 2.47. The Morgan fingerprint density at radius 3 is 2.40 bits per heavy atom. The number of aromatic nitrogens is 2. The van der Waals surface area contributed by atoms with E-state index in [9.17, 15) is 0 Å². The van der Waals surface area contributed by atoms with Crippen LogP contribution in [0.5, 0.6) is 0 Å². The second-order valence-electron chi connectivity index (χ2n) is 3.76. The van der Waals surface area contributed by atoms with E-state index >= 15 is 0 Å². The van der Waals surface area contributed by atoms with Gasteiger partial charge in [-0.15, -0.1) is 0 Å². The van der Waals surface area contributed by atoms with Gasteiger partial charge in [0.05, 0.1) is 10.2 Å². The molecule has 0 aliphatic heterocycles. The fourth-order valence-corrected chi connectivity index (χ4v) is 1.46. The second kappa shape index (κ2) is 4.45. The summed E-state index contributed by atoms with van der Waals surface area (Å²) in [6.07, 6.45) is 0. The van der Waals surface area contributed by atoms with Gasteiger partial charge in [0.15, 0.2) is 5.82 Å². The van der Waals surface area contributed by atoms with E-state index in [4.69, 9.17) is 4.74 Å². The van der Waals surface area contributed by atoms with Crippen LogP contribution in [0.25, 0.3) is 0 Å². The normalized spacial score (nSPS) is 11.6. The molecule has 0 saturated heterocycles. The van der Waals surface area contributed by atoms with Crippen LogP contribution < -0.4 is 5.32 Å². The van der Waals surface area contributed by atoms with Crippen molar-refractivity contribution in [3.8, 4) is 0 Å². The van der Waals surface area contributed by atoms with E-state index in [-0.39, 0.29) is 0 Å². The Kier molecular flexibility index (Phi) is 3.67. The quantitative estimate of drug-likeness (QED) is 0.919. The highest BCUT2D eigenvalue weighted by molar-refractivity contribution is 9.10. The summed E-state index contributed by atoms with van der Waals surface area (Å²) in [6.45, 7) is 5.81. The van der Waals surface area contributed by atoms with E-state index in [0.717, 1.165) is 16.0 Å². The summed E-state index contributed by atoms with van der Waals surface area (Å²) in [6, 6.07) is 0. The van der Waals surface area contributed by atoms with Crippen molar-refractivity contribution < 1.29 is 4.74 Å². The summed E-state index contributed by atoms with van der Waals surface area (Å²) < 4.78 is 6.24. The maximum Gasteiger partial charge on any atom is 0.162 e. The molecule has 5 heteroatoms. The van der Waals surface area contributed by atoms with Gasteiger partial charge >= 0.3 is 0 Å². The van der Waals surface area contributed by atoms with E-state index < -0.39 is 5.60 Å². The molecule has 15 heavy (non-hydrogen) atoms. The first-order valence-electron chi connectivity index (χ1n) is 4.70. The lowest BCUT2D eigenvalue weighted by Gasteiger charge is -2.22. The summed E-state index contributed by atoms with van der Waals surface area (Å²) in [5, 5.41) is 3.02. The highest BCUT2D eigenvalue weighted by atomic mass is 79.9. The fourth-order valence-electron chi connectivity index (χ4n) is 1.09. The number of hydrogen-bond acceptors (Lipinski definition) is 4. The van der Waals surface area contributed by atoms with E-state index in [0.29, 0.717) is 5.82 Å². The van der Waals surface area contributed by atoms with Gasteiger partial charge in [-0.25, -0.2) is 9.97 Å². The molecule has 0 fully saturated rings. The molecular weight excluding hydrogens is 258 g/mol. The van der Waals surface area contributed by atoms with Crippen LogP contribution in [-0.4, -0.2) is 24.1 Å². The SMILES string of the molecule is CNc1nc(C(C)(C)OC)nc(C)c1Br. The van der Waals surface area contributed by atoms with Gasteiger partial charge in [-0.1, -0.05) is 0 Å². The smallest absolute Gasteiger partial charge is 0.162 e. The Labute approximate surface area is 98.6 Å². The number of nitrogens with zero attached hydrogens (tertiary/aromatic N) is 2. The van der Waals surface area contributed by atoms with Gasteiger partial charge in [0.2, 0.25) is 0 Å². The first kappa shape index (κ1) is 12.4. The first-order valence-corrected chi connectivity index (χ1v) is 5.49. The molecule has 0 unspecified atom stereocenters. The maximum absolute atomic E-state index is 5.35. The lowest BCUT2D eigenvalue weighted by molar-refractivity contribution is 0.0114. The van der Waals surface area contributed by atoms with Crippen molar-refractivity contribution in [3.05, 3.63) is 16.0 Å². The third-order valence-corrected chi connectivity index (χ3v) is 3.25. The van der Waals surface area contributed by atoms with Gasteiger partial charge in [0.25, 0.3) is 0 Å². The molecule has 0 bridgehead atoms. The topological polar surface area (TPSA) is 47.0 Å². The fraction of sp³-hybridized carbons (Fsp3) is 0.600. The number of halogens is 1. The van der Waals surface area contributed by atoms with E-state index in [2.05, 4.69) is 31.2 Å². The van der Waals surface area contributed by atoms with Crippen LogP contribution in [0, 0.1) is 6.92 Å². The molecule has 1 aromatic rings. The molecule has 0 aromatic carbocycles. The summed E-state index contributed by atoms with van der Waals surface area (Å²) in [4.78, 5) is 8.80. The number of rotatable bonds is 3. The minimum Gasteiger partial charge on any atom is -0.372 e. The first-order chi connectivity index (χ1) is 6.92. The summed E-state index contributed by atoms with van der Waals surface area (Å²) in [5.41, 5.74) is 0.423. The molecule has 1 rings (SSSR count). The zero-order valence-electron chi connectivity index (χ0n) is 9.68. The van der Waals surface area contributed by atoms with Crippen LogP contribution in [0.2, 0.25) is 0 Å². The Balaban J connectivity index is 3.28. The van der Waals surface area contributed by atoms with Crippen LogP contribution in [0.4, 0.5) is 5.82 Å². The van der Waals surface area contributed by atoms with Crippen LogP contribution in [0.1, 0.15) is 25.4 Å². The molecule has 0 atom stereocenters. The van der Waals surface area contributed by atoms with Crippen molar-refractivity contribution in [2.75, 3.05) is 19.5 Å². The second-order valence-corrected chi connectivity index (χ2v) is 4.55. The lowest BCUT2D eigenvalue weighted by Crippen LogP contribution is -2.24. The van der Waals surface area contributed by atoms with Crippen molar-refractivity contribution in [2.45, 2.75) is 26.4 Å².